The molecule has 0 spiro atoms. The van der Waals surface area contributed by atoms with Gasteiger partial charge in [-0.05, 0) is 32.0 Å². The molecule has 2 rings (SSSR count). The fourth-order valence-corrected chi connectivity index (χ4v) is 3.01. The van der Waals surface area contributed by atoms with E-state index < -0.39 is 0 Å². The summed E-state index contributed by atoms with van der Waals surface area (Å²) in [6.45, 7) is 3.96. The van der Waals surface area contributed by atoms with E-state index in [1.54, 1.807) is 25.6 Å². The minimum absolute atomic E-state index is 0.253. The largest absolute Gasteiger partial charge is 0.497 e. The molecule has 0 aliphatic rings. The molecular formula is C14H18N2O2S. The quantitative estimate of drug-likeness (QED) is 0.934. The Bertz CT molecular complexity index is 581. The van der Waals surface area contributed by atoms with Gasteiger partial charge in [0.05, 0.1) is 31.0 Å². The maximum Gasteiger partial charge on any atom is 0.124 e. The number of nitrogens with zero attached hydrogens (tertiary/aromatic N) is 1. The van der Waals surface area contributed by atoms with E-state index in [1.807, 2.05) is 32.0 Å². The lowest BCUT2D eigenvalue weighted by atomic mass is 10.0. The molecule has 19 heavy (non-hydrogen) atoms. The molecule has 0 fully saturated rings. The van der Waals surface area contributed by atoms with Gasteiger partial charge >= 0.3 is 0 Å². The summed E-state index contributed by atoms with van der Waals surface area (Å²) < 4.78 is 10.6. The van der Waals surface area contributed by atoms with Crippen LogP contribution in [-0.2, 0) is 0 Å². The summed E-state index contributed by atoms with van der Waals surface area (Å²) in [7, 11) is 3.28. The molecule has 0 radical (unpaired) electrons. The summed E-state index contributed by atoms with van der Waals surface area (Å²) in [5, 5.41) is 1.02. The molecular weight excluding hydrogens is 260 g/mol. The molecule has 0 amide bonds. The van der Waals surface area contributed by atoms with Gasteiger partial charge in [-0.2, -0.15) is 0 Å². The zero-order valence-corrected chi connectivity index (χ0v) is 12.4. The van der Waals surface area contributed by atoms with Crippen LogP contribution in [0.3, 0.4) is 0 Å². The van der Waals surface area contributed by atoms with Gasteiger partial charge in [0, 0.05) is 10.4 Å². The third kappa shape index (κ3) is 2.72. The molecule has 1 heterocycles. The summed E-state index contributed by atoms with van der Waals surface area (Å²) >= 11 is 1.62. The van der Waals surface area contributed by atoms with Crippen molar-refractivity contribution >= 4 is 11.3 Å². The first-order valence-electron chi connectivity index (χ1n) is 5.98. The lowest BCUT2D eigenvalue weighted by Crippen LogP contribution is -2.13. The van der Waals surface area contributed by atoms with E-state index in [-0.39, 0.29) is 6.04 Å². The van der Waals surface area contributed by atoms with Crippen molar-refractivity contribution in [2.24, 2.45) is 5.73 Å². The van der Waals surface area contributed by atoms with Crippen LogP contribution in [-0.4, -0.2) is 19.2 Å². The summed E-state index contributed by atoms with van der Waals surface area (Å²) in [6.07, 6.45) is 0. The van der Waals surface area contributed by atoms with Gasteiger partial charge in [0.2, 0.25) is 0 Å². The summed E-state index contributed by atoms with van der Waals surface area (Å²) in [5.41, 5.74) is 8.25. The number of rotatable bonds is 4. The highest BCUT2D eigenvalue weighted by atomic mass is 32.1. The van der Waals surface area contributed by atoms with E-state index in [1.165, 1.54) is 0 Å². The Hall–Kier alpha value is -1.59. The number of hydrogen-bond donors (Lipinski definition) is 1. The molecule has 1 atom stereocenters. The second-order valence-electron chi connectivity index (χ2n) is 4.27. The molecule has 5 heteroatoms. The third-order valence-corrected chi connectivity index (χ3v) is 4.15. The number of thiazole rings is 1. The molecule has 102 valence electrons. The first-order chi connectivity index (χ1) is 9.06. The van der Waals surface area contributed by atoms with Crippen LogP contribution >= 0.6 is 11.3 Å². The minimum atomic E-state index is -0.253. The number of hydrogen-bond acceptors (Lipinski definition) is 5. The van der Waals surface area contributed by atoms with Gasteiger partial charge in [-0.1, -0.05) is 0 Å². The molecule has 4 nitrogen and oxygen atoms in total. The molecule has 0 saturated heterocycles. The maximum absolute atomic E-state index is 6.37. The second kappa shape index (κ2) is 5.59. The Balaban J connectivity index is 2.47. The number of aromatic nitrogens is 1. The van der Waals surface area contributed by atoms with Gasteiger partial charge in [-0.3, -0.25) is 0 Å². The topological polar surface area (TPSA) is 57.4 Å². The summed E-state index contributed by atoms with van der Waals surface area (Å²) in [5.74, 6) is 1.53. The lowest BCUT2D eigenvalue weighted by molar-refractivity contribution is 0.397. The molecule has 1 unspecified atom stereocenters. The van der Waals surface area contributed by atoms with Crippen molar-refractivity contribution in [3.05, 3.63) is 39.3 Å². The van der Waals surface area contributed by atoms with E-state index in [9.17, 15) is 0 Å². The van der Waals surface area contributed by atoms with Gasteiger partial charge in [-0.25, -0.2) is 4.98 Å². The van der Waals surface area contributed by atoms with E-state index in [2.05, 4.69) is 4.98 Å². The van der Waals surface area contributed by atoms with Crippen LogP contribution in [0.4, 0.5) is 0 Å². The standard InChI is InChI=1S/C14H18N2O2S/c1-8-14(19-9(2)16-8)13(15)11-7-10(17-3)5-6-12(11)18-4/h5-7,13H,15H2,1-4H3. The Morgan fingerprint density at radius 2 is 1.95 bits per heavy atom. The van der Waals surface area contributed by atoms with E-state index in [4.69, 9.17) is 15.2 Å². The van der Waals surface area contributed by atoms with Crippen molar-refractivity contribution in [3.8, 4) is 11.5 Å². The Morgan fingerprint density at radius 1 is 1.21 bits per heavy atom. The SMILES string of the molecule is COc1ccc(OC)c(C(N)c2sc(C)nc2C)c1. The molecule has 1 aromatic carbocycles. The van der Waals surface area contributed by atoms with Crippen molar-refractivity contribution in [3.63, 3.8) is 0 Å². The second-order valence-corrected chi connectivity index (χ2v) is 5.50. The van der Waals surface area contributed by atoms with Crippen LogP contribution in [0.25, 0.3) is 0 Å². The molecule has 0 aliphatic heterocycles. The number of nitrogens with two attached hydrogens (primary N) is 1. The highest BCUT2D eigenvalue weighted by Gasteiger charge is 2.19. The van der Waals surface area contributed by atoms with E-state index >= 15 is 0 Å². The number of aryl methyl sites for hydroxylation is 2. The fourth-order valence-electron chi connectivity index (χ4n) is 2.06. The van der Waals surface area contributed by atoms with Crippen LogP contribution in [0.1, 0.15) is 27.2 Å². The van der Waals surface area contributed by atoms with Gasteiger partial charge < -0.3 is 15.2 Å². The van der Waals surface area contributed by atoms with Crippen molar-refractivity contribution in [2.75, 3.05) is 14.2 Å². The molecule has 2 N–H and O–H groups in total. The lowest BCUT2D eigenvalue weighted by Gasteiger charge is -2.16. The monoisotopic (exact) mass is 278 g/mol. The summed E-state index contributed by atoms with van der Waals surface area (Å²) in [6, 6.07) is 5.39. The van der Waals surface area contributed by atoms with Crippen molar-refractivity contribution in [2.45, 2.75) is 19.9 Å². The molecule has 0 aliphatic carbocycles. The highest BCUT2D eigenvalue weighted by Crippen LogP contribution is 2.35. The number of methoxy groups -OCH3 is 2. The Morgan fingerprint density at radius 3 is 2.47 bits per heavy atom. The van der Waals surface area contributed by atoms with Crippen molar-refractivity contribution in [1.29, 1.82) is 0 Å². The number of benzene rings is 1. The van der Waals surface area contributed by atoms with E-state index in [0.29, 0.717) is 0 Å². The average Bonchev–Trinajstić information content (AvgIpc) is 2.76. The molecule has 2 aromatic rings. The predicted molar refractivity (Wildman–Crippen MR) is 77.2 cm³/mol. The fraction of sp³-hybridized carbons (Fsp3) is 0.357. The zero-order valence-electron chi connectivity index (χ0n) is 11.6. The maximum atomic E-state index is 6.37. The van der Waals surface area contributed by atoms with Crippen LogP contribution in [0, 0.1) is 13.8 Å². The van der Waals surface area contributed by atoms with Crippen LogP contribution in [0.5, 0.6) is 11.5 Å². The van der Waals surface area contributed by atoms with Gasteiger partial charge in [0.25, 0.3) is 0 Å². The van der Waals surface area contributed by atoms with Gasteiger partial charge in [-0.15, -0.1) is 11.3 Å². The van der Waals surface area contributed by atoms with Crippen LogP contribution < -0.4 is 15.2 Å². The zero-order chi connectivity index (χ0) is 14.0. The predicted octanol–water partition coefficient (Wildman–Crippen LogP) is 2.83. The molecule has 0 saturated carbocycles. The molecule has 0 bridgehead atoms. The van der Waals surface area contributed by atoms with Gasteiger partial charge in [0.15, 0.2) is 0 Å². The molecule has 1 aromatic heterocycles. The first kappa shape index (κ1) is 13.8. The average molecular weight is 278 g/mol. The Kier molecular flexibility index (Phi) is 4.07. The number of ether oxygens (including phenoxy) is 2. The van der Waals surface area contributed by atoms with Gasteiger partial charge in [0.1, 0.15) is 11.5 Å². The van der Waals surface area contributed by atoms with E-state index in [0.717, 1.165) is 32.6 Å². The van der Waals surface area contributed by atoms with Crippen LogP contribution in [0.2, 0.25) is 0 Å². The van der Waals surface area contributed by atoms with Crippen LogP contribution in [0.15, 0.2) is 18.2 Å². The smallest absolute Gasteiger partial charge is 0.124 e. The normalized spacial score (nSPS) is 12.3. The Labute approximate surface area is 117 Å². The first-order valence-corrected chi connectivity index (χ1v) is 6.80. The summed E-state index contributed by atoms with van der Waals surface area (Å²) in [4.78, 5) is 5.48. The van der Waals surface area contributed by atoms with Crippen molar-refractivity contribution < 1.29 is 9.47 Å². The minimum Gasteiger partial charge on any atom is -0.497 e. The highest BCUT2D eigenvalue weighted by molar-refractivity contribution is 7.11. The van der Waals surface area contributed by atoms with Crippen molar-refractivity contribution in [1.82, 2.24) is 4.98 Å². The third-order valence-electron chi connectivity index (χ3n) is 2.99.